The van der Waals surface area contributed by atoms with Gasteiger partial charge in [0.05, 0.1) is 0 Å². The Kier molecular flexibility index (Phi) is 4.34. The van der Waals surface area contributed by atoms with Crippen LogP contribution < -0.4 is 10.6 Å². The van der Waals surface area contributed by atoms with Crippen LogP contribution >= 0.6 is 18.5 Å². The quantitative estimate of drug-likeness (QED) is 0.615. The zero-order valence-electron chi connectivity index (χ0n) is 11.7. The fourth-order valence-electron chi connectivity index (χ4n) is 2.32. The predicted molar refractivity (Wildman–Crippen MR) is 95.9 cm³/mol. The first-order chi connectivity index (χ1) is 10.6. The van der Waals surface area contributed by atoms with Gasteiger partial charge in [0.2, 0.25) is 0 Å². The topological polar surface area (TPSA) is 0 Å². The molecule has 0 aromatic heterocycles. The third-order valence-corrected chi connectivity index (χ3v) is 4.30. The van der Waals surface area contributed by atoms with E-state index in [1.807, 2.05) is 24.3 Å². The standard InChI is InChI=1S/C18H14F2P2/c19-17-15(11-1-5-13(21)6-2-11)9-10-16(18(17)20)12-3-7-14(22)8-4-12/h1-10H,21-22H2. The highest BCUT2D eigenvalue weighted by Gasteiger charge is 2.15. The van der Waals surface area contributed by atoms with Crippen LogP contribution in [0.1, 0.15) is 0 Å². The monoisotopic (exact) mass is 330 g/mol. The van der Waals surface area contributed by atoms with E-state index in [4.69, 9.17) is 0 Å². The zero-order chi connectivity index (χ0) is 15.7. The molecular formula is C18H14F2P2. The molecule has 3 aromatic carbocycles. The Bertz CT molecular complexity index is 739. The van der Waals surface area contributed by atoms with Crippen molar-refractivity contribution in [2.24, 2.45) is 0 Å². The number of rotatable bonds is 2. The summed E-state index contributed by atoms with van der Waals surface area (Å²) in [5, 5.41) is 2.00. The van der Waals surface area contributed by atoms with Gasteiger partial charge in [0.15, 0.2) is 11.6 Å². The third kappa shape index (κ3) is 2.95. The Balaban J connectivity index is 2.08. The summed E-state index contributed by atoms with van der Waals surface area (Å²) in [5.74, 6) is -1.63. The van der Waals surface area contributed by atoms with Crippen LogP contribution in [0, 0.1) is 11.6 Å². The minimum Gasteiger partial charge on any atom is -0.203 e. The highest BCUT2D eigenvalue weighted by molar-refractivity contribution is 7.27. The summed E-state index contributed by atoms with van der Waals surface area (Å²) in [6.07, 6.45) is 0. The summed E-state index contributed by atoms with van der Waals surface area (Å²) in [5.41, 5.74) is 1.87. The van der Waals surface area contributed by atoms with Crippen molar-refractivity contribution in [3.05, 3.63) is 72.3 Å². The predicted octanol–water partition coefficient (Wildman–Crippen LogP) is 4.30. The molecule has 0 nitrogen and oxygen atoms in total. The maximum atomic E-state index is 14.4. The summed E-state index contributed by atoms with van der Waals surface area (Å²) >= 11 is 0. The van der Waals surface area contributed by atoms with Crippen LogP contribution in [-0.4, -0.2) is 0 Å². The second-order valence-corrected chi connectivity index (χ2v) is 6.37. The number of halogens is 2. The molecular weight excluding hydrogens is 316 g/mol. The van der Waals surface area contributed by atoms with E-state index >= 15 is 0 Å². The second-order valence-electron chi connectivity index (χ2n) is 5.03. The SMILES string of the molecule is Fc1c(-c2ccc(P)cc2)ccc(-c2ccc(P)cc2)c1F. The zero-order valence-corrected chi connectivity index (χ0v) is 14.0. The van der Waals surface area contributed by atoms with Gasteiger partial charge in [-0.05, 0) is 21.7 Å². The van der Waals surface area contributed by atoms with E-state index in [0.29, 0.717) is 11.1 Å². The lowest BCUT2D eigenvalue weighted by Crippen LogP contribution is -1.96. The second kappa shape index (κ2) is 6.24. The first kappa shape index (κ1) is 15.3. The Labute approximate surface area is 133 Å². The van der Waals surface area contributed by atoms with Gasteiger partial charge in [-0.15, -0.1) is 18.5 Å². The molecule has 0 fully saturated rings. The van der Waals surface area contributed by atoms with Crippen molar-refractivity contribution in [3.63, 3.8) is 0 Å². The van der Waals surface area contributed by atoms with Crippen molar-refractivity contribution in [1.82, 2.24) is 0 Å². The molecule has 3 aromatic rings. The van der Waals surface area contributed by atoms with Crippen LogP contribution in [0.5, 0.6) is 0 Å². The molecule has 2 atom stereocenters. The minimum absolute atomic E-state index is 0.272. The van der Waals surface area contributed by atoms with Gasteiger partial charge in [0.25, 0.3) is 0 Å². The van der Waals surface area contributed by atoms with Gasteiger partial charge in [0, 0.05) is 11.1 Å². The first-order valence-electron chi connectivity index (χ1n) is 6.76. The van der Waals surface area contributed by atoms with Crippen LogP contribution in [0.15, 0.2) is 60.7 Å². The van der Waals surface area contributed by atoms with Gasteiger partial charge < -0.3 is 0 Å². The normalized spacial score (nSPS) is 10.7. The first-order valence-corrected chi connectivity index (χ1v) is 7.91. The average Bonchev–Trinajstić information content (AvgIpc) is 2.52. The van der Waals surface area contributed by atoms with Crippen molar-refractivity contribution in [3.8, 4) is 22.3 Å². The third-order valence-electron chi connectivity index (χ3n) is 3.53. The van der Waals surface area contributed by atoms with Crippen molar-refractivity contribution in [2.45, 2.75) is 0 Å². The summed E-state index contributed by atoms with van der Waals surface area (Å²) in [6.45, 7) is 0. The molecule has 22 heavy (non-hydrogen) atoms. The lowest BCUT2D eigenvalue weighted by atomic mass is 9.99. The Morgan fingerprint density at radius 1 is 0.500 bits per heavy atom. The maximum Gasteiger partial charge on any atom is 0.167 e. The summed E-state index contributed by atoms with van der Waals surface area (Å²) < 4.78 is 28.9. The average molecular weight is 330 g/mol. The van der Waals surface area contributed by atoms with Crippen molar-refractivity contribution < 1.29 is 8.78 Å². The van der Waals surface area contributed by atoms with Crippen molar-refractivity contribution in [2.75, 3.05) is 0 Å². The van der Waals surface area contributed by atoms with Crippen LogP contribution in [0.4, 0.5) is 8.78 Å². The molecule has 0 amide bonds. The smallest absolute Gasteiger partial charge is 0.167 e. The van der Waals surface area contributed by atoms with E-state index in [1.165, 1.54) is 0 Å². The van der Waals surface area contributed by atoms with E-state index in [2.05, 4.69) is 18.5 Å². The molecule has 4 heteroatoms. The molecule has 0 aliphatic carbocycles. The van der Waals surface area contributed by atoms with Crippen molar-refractivity contribution in [1.29, 1.82) is 0 Å². The molecule has 0 N–H and O–H groups in total. The summed E-state index contributed by atoms with van der Waals surface area (Å²) in [4.78, 5) is 0. The van der Waals surface area contributed by atoms with E-state index in [9.17, 15) is 8.78 Å². The lowest BCUT2D eigenvalue weighted by Gasteiger charge is -2.09. The molecule has 0 bridgehead atoms. The van der Waals surface area contributed by atoms with Crippen LogP contribution in [-0.2, 0) is 0 Å². The Morgan fingerprint density at radius 2 is 0.818 bits per heavy atom. The van der Waals surface area contributed by atoms with E-state index in [1.54, 1.807) is 36.4 Å². The molecule has 0 saturated heterocycles. The van der Waals surface area contributed by atoms with Gasteiger partial charge in [0.1, 0.15) is 0 Å². The Hall–Kier alpha value is -1.62. The fourth-order valence-corrected chi connectivity index (χ4v) is 2.71. The van der Waals surface area contributed by atoms with E-state index in [-0.39, 0.29) is 11.1 Å². The molecule has 0 spiro atoms. The van der Waals surface area contributed by atoms with Gasteiger partial charge in [-0.2, -0.15) is 0 Å². The molecule has 2 unspecified atom stereocenters. The number of hydrogen-bond acceptors (Lipinski definition) is 0. The molecule has 0 aliphatic heterocycles. The van der Waals surface area contributed by atoms with E-state index < -0.39 is 11.6 Å². The van der Waals surface area contributed by atoms with Crippen LogP contribution in [0.25, 0.3) is 22.3 Å². The van der Waals surface area contributed by atoms with Gasteiger partial charge in [-0.25, -0.2) is 8.78 Å². The summed E-state index contributed by atoms with van der Waals surface area (Å²) in [7, 11) is 5.13. The van der Waals surface area contributed by atoms with Crippen LogP contribution in [0.3, 0.4) is 0 Å². The van der Waals surface area contributed by atoms with E-state index in [0.717, 1.165) is 10.6 Å². The molecule has 0 aliphatic rings. The van der Waals surface area contributed by atoms with Gasteiger partial charge in [-0.1, -0.05) is 60.7 Å². The highest BCUT2D eigenvalue weighted by atomic mass is 31.0. The van der Waals surface area contributed by atoms with Crippen LogP contribution in [0.2, 0.25) is 0 Å². The number of hydrogen-bond donors (Lipinski definition) is 0. The molecule has 110 valence electrons. The molecule has 3 rings (SSSR count). The molecule has 0 heterocycles. The van der Waals surface area contributed by atoms with Crippen molar-refractivity contribution >= 4 is 29.1 Å². The molecule has 0 saturated carbocycles. The largest absolute Gasteiger partial charge is 0.203 e. The molecule has 0 radical (unpaired) electrons. The maximum absolute atomic E-state index is 14.4. The van der Waals surface area contributed by atoms with Gasteiger partial charge in [-0.3, -0.25) is 0 Å². The fraction of sp³-hybridized carbons (Fsp3) is 0. The lowest BCUT2D eigenvalue weighted by molar-refractivity contribution is 0.514. The minimum atomic E-state index is -0.816. The van der Waals surface area contributed by atoms with Gasteiger partial charge >= 0.3 is 0 Å². The Morgan fingerprint density at radius 3 is 1.14 bits per heavy atom. The highest BCUT2D eigenvalue weighted by Crippen LogP contribution is 2.31. The number of benzene rings is 3. The summed E-state index contributed by atoms with van der Waals surface area (Å²) in [6, 6.07) is 17.8.